The minimum absolute atomic E-state index is 0.0335. The van der Waals surface area contributed by atoms with E-state index >= 15 is 0 Å². The molecule has 10 heteroatoms. The minimum Gasteiger partial charge on any atom is -0.481 e. The molecule has 0 atom stereocenters. The van der Waals surface area contributed by atoms with Crippen molar-refractivity contribution in [2.75, 3.05) is 42.9 Å². The van der Waals surface area contributed by atoms with Gasteiger partial charge < -0.3 is 30.6 Å². The molecule has 0 spiro atoms. The number of hydrogen-bond acceptors (Lipinski definition) is 9. The molecule has 35 heavy (non-hydrogen) atoms. The average molecular weight is 483 g/mol. The molecule has 4 N–H and O–H groups in total. The lowest BCUT2D eigenvalue weighted by Crippen LogP contribution is -2.38. The first-order valence-corrected chi connectivity index (χ1v) is 11.6. The fourth-order valence-electron chi connectivity index (χ4n) is 4.15. The molecule has 0 amide bonds. The fourth-order valence-corrected chi connectivity index (χ4v) is 4.15. The molecule has 2 aromatic rings. The Balaban J connectivity index is 2.00. The molecule has 9 nitrogen and oxygen atoms in total. The normalized spacial score (nSPS) is 14.9. The van der Waals surface area contributed by atoms with Crippen molar-refractivity contribution in [3.8, 4) is 0 Å². The third-order valence-electron chi connectivity index (χ3n) is 6.17. The molecule has 0 aliphatic carbocycles. The van der Waals surface area contributed by atoms with Gasteiger partial charge in [-0.1, -0.05) is 13.8 Å². The first-order chi connectivity index (χ1) is 16.6. The number of nitrogens with one attached hydrogen (secondary N) is 4. The predicted octanol–water partition coefficient (Wildman–Crippen LogP) is 4.71. The van der Waals surface area contributed by atoms with Crippen molar-refractivity contribution in [2.24, 2.45) is 0 Å². The largest absolute Gasteiger partial charge is 0.481 e. The number of anilines is 4. The Hall–Kier alpha value is -3.69. The lowest BCUT2D eigenvalue weighted by Gasteiger charge is -2.40. The van der Waals surface area contributed by atoms with Crippen molar-refractivity contribution in [3.05, 3.63) is 47.4 Å². The van der Waals surface area contributed by atoms with Crippen LogP contribution in [0.2, 0.25) is 0 Å². The summed E-state index contributed by atoms with van der Waals surface area (Å²) in [6.07, 6.45) is 3.59. The lowest BCUT2D eigenvalue weighted by atomic mass is 9.79. The third-order valence-corrected chi connectivity index (χ3v) is 6.17. The van der Waals surface area contributed by atoms with Gasteiger partial charge in [-0.2, -0.15) is 9.97 Å². The molecule has 0 radical (unpaired) electrons. The summed E-state index contributed by atoms with van der Waals surface area (Å²) >= 11 is 0. The monoisotopic (exact) mass is 482 g/mol. The summed E-state index contributed by atoms with van der Waals surface area (Å²) in [6.45, 7) is 9.41. The van der Waals surface area contributed by atoms with Crippen molar-refractivity contribution in [1.29, 1.82) is 10.8 Å². The topological polar surface area (TPSA) is 113 Å². The van der Waals surface area contributed by atoms with Gasteiger partial charge in [0.2, 0.25) is 11.8 Å². The Morgan fingerprint density at radius 1 is 1.29 bits per heavy atom. The number of aromatic nitrogens is 2. The first-order valence-electron chi connectivity index (χ1n) is 11.6. The van der Waals surface area contributed by atoms with Gasteiger partial charge in [0, 0.05) is 43.2 Å². The van der Waals surface area contributed by atoms with E-state index in [1.165, 1.54) is 31.5 Å². The van der Waals surface area contributed by atoms with Gasteiger partial charge in [0.05, 0.1) is 19.5 Å². The van der Waals surface area contributed by atoms with E-state index in [1.807, 2.05) is 25.8 Å². The maximum atomic E-state index is 13.6. The van der Waals surface area contributed by atoms with Crippen LogP contribution in [0.25, 0.3) is 0 Å². The van der Waals surface area contributed by atoms with Gasteiger partial charge in [0.15, 0.2) is 0 Å². The Morgan fingerprint density at radius 3 is 2.54 bits per heavy atom. The quantitative estimate of drug-likeness (QED) is 0.232. The van der Waals surface area contributed by atoms with E-state index in [4.69, 9.17) is 25.5 Å². The highest BCUT2D eigenvalue weighted by Crippen LogP contribution is 2.45. The molecule has 188 valence electrons. The third kappa shape index (κ3) is 5.70. The Bertz CT molecular complexity index is 1100. The number of fused-ring (bicyclic) bond motifs is 1. The van der Waals surface area contributed by atoms with Crippen LogP contribution in [0.5, 0.6) is 0 Å². The molecule has 2 heterocycles. The van der Waals surface area contributed by atoms with Crippen molar-refractivity contribution >= 4 is 35.4 Å². The molecule has 1 aliphatic rings. The van der Waals surface area contributed by atoms with Crippen LogP contribution >= 0.6 is 0 Å². The van der Waals surface area contributed by atoms with E-state index in [9.17, 15) is 4.39 Å². The molecular weight excluding hydrogens is 447 g/mol. The molecule has 0 saturated heterocycles. The molecule has 3 rings (SSSR count). The maximum Gasteiger partial charge on any atom is 0.228 e. The van der Waals surface area contributed by atoms with Crippen LogP contribution in [0.4, 0.5) is 27.7 Å². The zero-order valence-electron chi connectivity index (χ0n) is 21.2. The lowest BCUT2D eigenvalue weighted by molar-refractivity contribution is 0.316. The Morgan fingerprint density at radius 2 is 1.97 bits per heavy atom. The van der Waals surface area contributed by atoms with Crippen LogP contribution in [0.3, 0.4) is 0 Å². The first kappa shape index (κ1) is 25.9. The number of nitrogens with zero attached hydrogens (tertiary/aromatic N) is 4. The molecule has 0 bridgehead atoms. The van der Waals surface area contributed by atoms with E-state index in [1.54, 1.807) is 12.1 Å². The summed E-state index contributed by atoms with van der Waals surface area (Å²) in [6, 6.07) is 6.47. The fraction of sp³-hybridized carbons (Fsp3) is 0.440. The van der Waals surface area contributed by atoms with Gasteiger partial charge in [-0.3, -0.25) is 5.41 Å². The highest BCUT2D eigenvalue weighted by atomic mass is 19.1. The van der Waals surface area contributed by atoms with Gasteiger partial charge in [0.25, 0.3) is 0 Å². The van der Waals surface area contributed by atoms with Gasteiger partial charge in [-0.05, 0) is 49.9 Å². The smallest absolute Gasteiger partial charge is 0.228 e. The van der Waals surface area contributed by atoms with Gasteiger partial charge >= 0.3 is 0 Å². The molecule has 0 fully saturated rings. The van der Waals surface area contributed by atoms with Crippen molar-refractivity contribution in [3.63, 3.8) is 0 Å². The molecule has 1 aromatic heterocycles. The number of hydrogen-bond donors (Lipinski definition) is 4. The Labute approximate surface area is 206 Å². The second-order valence-electron chi connectivity index (χ2n) is 9.29. The molecule has 1 aliphatic heterocycles. The molecule has 1 aromatic carbocycles. The summed E-state index contributed by atoms with van der Waals surface area (Å²) in [5.41, 5.74) is 2.25. The van der Waals surface area contributed by atoms with Crippen LogP contribution in [-0.4, -0.2) is 60.4 Å². The summed E-state index contributed by atoms with van der Waals surface area (Å²) in [5, 5.41) is 22.1. The number of rotatable bonds is 9. The maximum absolute atomic E-state index is 13.6. The van der Waals surface area contributed by atoms with Crippen LogP contribution in [0, 0.1) is 16.6 Å². The van der Waals surface area contributed by atoms with E-state index in [0.717, 1.165) is 35.9 Å². The van der Waals surface area contributed by atoms with Crippen molar-refractivity contribution in [1.82, 2.24) is 14.9 Å². The molecule has 0 saturated carbocycles. The highest BCUT2D eigenvalue weighted by Gasteiger charge is 2.36. The van der Waals surface area contributed by atoms with Gasteiger partial charge in [-0.15, -0.1) is 0 Å². The van der Waals surface area contributed by atoms with E-state index in [2.05, 4.69) is 29.4 Å². The van der Waals surface area contributed by atoms with E-state index < -0.39 is 0 Å². The van der Waals surface area contributed by atoms with Crippen LogP contribution in [-0.2, 0) is 10.2 Å². The molecular formula is C25H35FN8O. The minimum atomic E-state index is -0.280. The second-order valence-corrected chi connectivity index (χ2v) is 9.29. The number of methoxy groups -OCH3 is 1. The van der Waals surface area contributed by atoms with Gasteiger partial charge in [0.1, 0.15) is 17.5 Å². The van der Waals surface area contributed by atoms with Gasteiger partial charge in [-0.25, -0.2) is 4.39 Å². The SMILES string of the molecule is CNc1nc(NCN(/C(C=N)=C/C(=N)OC)C(C)C)nc2c1C(C)(C)CCN2c1ccc(F)cc1. The average Bonchev–Trinajstić information content (AvgIpc) is 2.83. The zero-order valence-corrected chi connectivity index (χ0v) is 21.2. The second kappa shape index (κ2) is 10.7. The van der Waals surface area contributed by atoms with Crippen molar-refractivity contribution < 1.29 is 9.13 Å². The summed E-state index contributed by atoms with van der Waals surface area (Å²) < 4.78 is 18.5. The number of halogens is 1. The summed E-state index contributed by atoms with van der Waals surface area (Å²) in [5.74, 6) is 1.62. The Kier molecular flexibility index (Phi) is 7.93. The van der Waals surface area contributed by atoms with Crippen LogP contribution in [0.1, 0.15) is 39.7 Å². The standard InChI is InChI=1S/C25H35FN8O/c1-16(2)34(19(14-27)13-20(28)35-6)15-30-24-31-22(29-5)21-23(32-24)33(12-11-25(21,3)4)18-9-7-17(26)8-10-18/h7-10,13-14,16,27-28H,11-12,15H2,1-6H3,(H2,29,30,31,32)/b19-13+,27-14?,28-20?. The van der Waals surface area contributed by atoms with Crippen LogP contribution < -0.4 is 15.5 Å². The summed E-state index contributed by atoms with van der Waals surface area (Å²) in [4.78, 5) is 13.7. The zero-order chi connectivity index (χ0) is 25.8. The number of ether oxygens (including phenoxy) is 1. The number of benzene rings is 1. The van der Waals surface area contributed by atoms with Crippen LogP contribution in [0.15, 0.2) is 36.0 Å². The molecule has 0 unspecified atom stereocenters. The predicted molar refractivity (Wildman–Crippen MR) is 140 cm³/mol. The number of allylic oxidation sites excluding steroid dienone is 1. The van der Waals surface area contributed by atoms with E-state index in [0.29, 0.717) is 18.3 Å². The van der Waals surface area contributed by atoms with E-state index in [-0.39, 0.29) is 23.2 Å². The van der Waals surface area contributed by atoms with Crippen molar-refractivity contribution in [2.45, 2.75) is 45.6 Å². The summed E-state index contributed by atoms with van der Waals surface area (Å²) in [7, 11) is 3.26. The highest BCUT2D eigenvalue weighted by molar-refractivity contribution is 5.91.